The van der Waals surface area contributed by atoms with E-state index in [9.17, 15) is 0 Å². The fourth-order valence-electron chi connectivity index (χ4n) is 2.14. The topological polar surface area (TPSA) is 36.4 Å². The van der Waals surface area contributed by atoms with E-state index in [0.29, 0.717) is 6.04 Å². The first-order chi connectivity index (χ1) is 7.86. The largest absolute Gasteiger partial charge is 0.357 e. The van der Waals surface area contributed by atoms with Gasteiger partial charge in [-0.1, -0.05) is 32.6 Å². The van der Waals surface area contributed by atoms with E-state index in [4.69, 9.17) is 0 Å². The van der Waals surface area contributed by atoms with E-state index in [-0.39, 0.29) is 24.0 Å². The van der Waals surface area contributed by atoms with E-state index in [1.807, 2.05) is 0 Å². The van der Waals surface area contributed by atoms with Crippen LogP contribution in [0.3, 0.4) is 0 Å². The molecule has 0 spiro atoms. The molecule has 0 radical (unpaired) electrons. The van der Waals surface area contributed by atoms with Gasteiger partial charge >= 0.3 is 0 Å². The molecule has 0 heterocycles. The maximum Gasteiger partial charge on any atom is 0.191 e. The zero-order valence-electron chi connectivity index (χ0n) is 11.3. The second-order valence-corrected chi connectivity index (χ2v) is 4.59. The smallest absolute Gasteiger partial charge is 0.191 e. The van der Waals surface area contributed by atoms with Crippen LogP contribution in [-0.4, -0.2) is 25.1 Å². The van der Waals surface area contributed by atoms with Crippen LogP contribution in [0.1, 0.15) is 58.8 Å². The van der Waals surface area contributed by atoms with Crippen LogP contribution < -0.4 is 10.6 Å². The molecule has 0 aromatic rings. The Morgan fingerprint density at radius 3 is 2.47 bits per heavy atom. The van der Waals surface area contributed by atoms with E-state index in [2.05, 4.69) is 29.5 Å². The standard InChI is InChI=1S/C13H27N3.HI/c1-3-5-8-11-15-13(14-4-2)16-12-9-6-7-10-12;/h12H,3-11H2,1-2H3,(H2,14,15,16);1H. The monoisotopic (exact) mass is 353 g/mol. The molecule has 0 bridgehead atoms. The highest BCUT2D eigenvalue weighted by atomic mass is 127. The van der Waals surface area contributed by atoms with Gasteiger partial charge < -0.3 is 10.6 Å². The molecule has 0 unspecified atom stereocenters. The van der Waals surface area contributed by atoms with Crippen LogP contribution in [0.15, 0.2) is 4.99 Å². The van der Waals surface area contributed by atoms with Gasteiger partial charge in [-0.05, 0) is 26.2 Å². The quantitative estimate of drug-likeness (QED) is 0.333. The summed E-state index contributed by atoms with van der Waals surface area (Å²) in [7, 11) is 0. The highest BCUT2D eigenvalue weighted by Crippen LogP contribution is 2.17. The molecule has 0 atom stereocenters. The number of hydrogen-bond acceptors (Lipinski definition) is 1. The van der Waals surface area contributed by atoms with Crippen molar-refractivity contribution in [2.24, 2.45) is 4.99 Å². The van der Waals surface area contributed by atoms with Crippen molar-refractivity contribution in [3.05, 3.63) is 0 Å². The predicted molar refractivity (Wildman–Crippen MR) is 86.3 cm³/mol. The third-order valence-corrected chi connectivity index (χ3v) is 3.07. The fourth-order valence-corrected chi connectivity index (χ4v) is 2.14. The first-order valence-electron chi connectivity index (χ1n) is 6.91. The minimum absolute atomic E-state index is 0. The van der Waals surface area contributed by atoms with Gasteiger partial charge in [0.05, 0.1) is 0 Å². The molecule has 0 aromatic carbocycles. The lowest BCUT2D eigenvalue weighted by Gasteiger charge is -2.16. The number of rotatable bonds is 6. The summed E-state index contributed by atoms with van der Waals surface area (Å²) in [6.45, 7) is 6.26. The van der Waals surface area contributed by atoms with Crippen molar-refractivity contribution in [1.82, 2.24) is 10.6 Å². The average Bonchev–Trinajstić information content (AvgIpc) is 2.77. The molecular weight excluding hydrogens is 325 g/mol. The van der Waals surface area contributed by atoms with E-state index < -0.39 is 0 Å². The number of halogens is 1. The summed E-state index contributed by atoms with van der Waals surface area (Å²) in [5.74, 6) is 1.02. The molecule has 0 aromatic heterocycles. The zero-order valence-corrected chi connectivity index (χ0v) is 13.6. The Balaban J connectivity index is 0.00000256. The molecule has 4 heteroatoms. The second kappa shape index (κ2) is 11.1. The maximum absolute atomic E-state index is 4.61. The van der Waals surface area contributed by atoms with Crippen LogP contribution in [0.5, 0.6) is 0 Å². The summed E-state index contributed by atoms with van der Waals surface area (Å²) in [5, 5.41) is 6.86. The minimum atomic E-state index is 0. The summed E-state index contributed by atoms with van der Waals surface area (Å²) in [6.07, 6.45) is 9.10. The van der Waals surface area contributed by atoms with Crippen LogP contribution in [0.2, 0.25) is 0 Å². The number of guanidine groups is 1. The summed E-state index contributed by atoms with van der Waals surface area (Å²) in [5.41, 5.74) is 0. The molecule has 1 aliphatic rings. The lowest BCUT2D eigenvalue weighted by atomic mass is 10.2. The van der Waals surface area contributed by atoms with E-state index in [0.717, 1.165) is 19.0 Å². The zero-order chi connectivity index (χ0) is 11.6. The summed E-state index contributed by atoms with van der Waals surface area (Å²) < 4.78 is 0. The summed E-state index contributed by atoms with van der Waals surface area (Å²) in [4.78, 5) is 4.61. The van der Waals surface area contributed by atoms with Gasteiger partial charge in [0, 0.05) is 19.1 Å². The molecule has 1 fully saturated rings. The second-order valence-electron chi connectivity index (χ2n) is 4.59. The molecule has 17 heavy (non-hydrogen) atoms. The number of aliphatic imine (C=N–C) groups is 1. The Hall–Kier alpha value is 0. The molecule has 0 amide bonds. The van der Waals surface area contributed by atoms with Crippen molar-refractivity contribution >= 4 is 29.9 Å². The van der Waals surface area contributed by atoms with Gasteiger partial charge in [-0.15, -0.1) is 24.0 Å². The summed E-state index contributed by atoms with van der Waals surface area (Å²) in [6, 6.07) is 0.656. The fraction of sp³-hybridized carbons (Fsp3) is 0.923. The molecule has 3 nitrogen and oxygen atoms in total. The van der Waals surface area contributed by atoms with Crippen LogP contribution in [-0.2, 0) is 0 Å². The molecule has 102 valence electrons. The average molecular weight is 353 g/mol. The minimum Gasteiger partial charge on any atom is -0.357 e. The van der Waals surface area contributed by atoms with Gasteiger partial charge in [0.25, 0.3) is 0 Å². The van der Waals surface area contributed by atoms with Gasteiger partial charge in [-0.3, -0.25) is 4.99 Å². The van der Waals surface area contributed by atoms with Crippen molar-refractivity contribution in [2.45, 2.75) is 64.8 Å². The third kappa shape index (κ3) is 7.84. The van der Waals surface area contributed by atoms with Crippen molar-refractivity contribution in [1.29, 1.82) is 0 Å². The van der Waals surface area contributed by atoms with Gasteiger partial charge in [0.15, 0.2) is 5.96 Å². The maximum atomic E-state index is 4.61. The SMILES string of the molecule is CCCCCN=C(NCC)NC1CCCC1.I. The number of nitrogens with zero attached hydrogens (tertiary/aromatic N) is 1. The number of unbranched alkanes of at least 4 members (excludes halogenated alkanes) is 2. The van der Waals surface area contributed by atoms with Gasteiger partial charge in [0.1, 0.15) is 0 Å². The molecule has 0 saturated heterocycles. The van der Waals surface area contributed by atoms with Crippen LogP contribution in [0, 0.1) is 0 Å². The molecule has 1 rings (SSSR count). The first kappa shape index (κ1) is 17.0. The van der Waals surface area contributed by atoms with Gasteiger partial charge in [-0.2, -0.15) is 0 Å². The van der Waals surface area contributed by atoms with Crippen molar-refractivity contribution < 1.29 is 0 Å². The highest BCUT2D eigenvalue weighted by molar-refractivity contribution is 14.0. The van der Waals surface area contributed by atoms with Gasteiger partial charge in [-0.25, -0.2) is 0 Å². The highest BCUT2D eigenvalue weighted by Gasteiger charge is 2.15. The Kier molecular flexibility index (Phi) is 11.1. The Morgan fingerprint density at radius 2 is 1.88 bits per heavy atom. The van der Waals surface area contributed by atoms with E-state index in [1.165, 1.54) is 44.9 Å². The predicted octanol–water partition coefficient (Wildman–Crippen LogP) is 3.29. The number of hydrogen-bond donors (Lipinski definition) is 2. The molecular formula is C13H28IN3. The molecule has 1 aliphatic carbocycles. The van der Waals surface area contributed by atoms with E-state index >= 15 is 0 Å². The third-order valence-electron chi connectivity index (χ3n) is 3.07. The van der Waals surface area contributed by atoms with Crippen LogP contribution >= 0.6 is 24.0 Å². The van der Waals surface area contributed by atoms with E-state index in [1.54, 1.807) is 0 Å². The number of nitrogens with one attached hydrogen (secondary N) is 2. The first-order valence-corrected chi connectivity index (χ1v) is 6.91. The van der Waals surface area contributed by atoms with Crippen molar-refractivity contribution in [2.75, 3.05) is 13.1 Å². The Bertz CT molecular complexity index is 201. The molecule has 0 aliphatic heterocycles. The summed E-state index contributed by atoms with van der Waals surface area (Å²) >= 11 is 0. The van der Waals surface area contributed by atoms with Crippen LogP contribution in [0.4, 0.5) is 0 Å². The lowest BCUT2D eigenvalue weighted by Crippen LogP contribution is -2.42. The normalized spacial score (nSPS) is 16.7. The van der Waals surface area contributed by atoms with Crippen molar-refractivity contribution in [3.8, 4) is 0 Å². The van der Waals surface area contributed by atoms with Crippen molar-refractivity contribution in [3.63, 3.8) is 0 Å². The Morgan fingerprint density at radius 1 is 1.18 bits per heavy atom. The lowest BCUT2D eigenvalue weighted by molar-refractivity contribution is 0.611. The molecule has 1 saturated carbocycles. The van der Waals surface area contributed by atoms with Crippen LogP contribution in [0.25, 0.3) is 0 Å². The van der Waals surface area contributed by atoms with Gasteiger partial charge in [0.2, 0.25) is 0 Å². The Labute approximate surface area is 123 Å². The molecule has 2 N–H and O–H groups in total.